The molecule has 0 aliphatic carbocycles. The van der Waals surface area contributed by atoms with Gasteiger partial charge in [0.15, 0.2) is 0 Å². The van der Waals surface area contributed by atoms with E-state index in [2.05, 4.69) is 10.4 Å². The Balaban J connectivity index is 1.91. The standard InChI is InChI=1S/C20H23F3N4O/c1-12-13(2)25-18(27(24-4)14(12)3)15-9-10-26(11-15)19(28)16-7-5-6-8-17(16)20(21,22)23/h5-8,24H,9-11H2,1-4H3/b18-15+. The molecule has 1 amide bonds. The quantitative estimate of drug-likeness (QED) is 0.829. The maximum Gasteiger partial charge on any atom is 0.417 e. The Labute approximate surface area is 162 Å². The SMILES string of the molecule is CNN1C(C)=C(C)C(C)=N/C1=C1/CCN(C(=O)c2ccccc2C(F)(F)F)C1. The van der Waals surface area contributed by atoms with E-state index in [-0.39, 0.29) is 12.1 Å². The number of aliphatic imine (C=N–C) groups is 1. The van der Waals surface area contributed by atoms with E-state index in [4.69, 9.17) is 0 Å². The number of hydrazine groups is 1. The molecular formula is C20H23F3N4O. The number of nitrogens with zero attached hydrogens (tertiary/aromatic N) is 3. The summed E-state index contributed by atoms with van der Waals surface area (Å²) in [5, 5.41) is 1.86. The Morgan fingerprint density at radius 3 is 2.50 bits per heavy atom. The van der Waals surface area contributed by atoms with E-state index < -0.39 is 17.6 Å². The summed E-state index contributed by atoms with van der Waals surface area (Å²) in [4.78, 5) is 18.9. The van der Waals surface area contributed by atoms with Crippen LogP contribution in [0.2, 0.25) is 0 Å². The molecule has 2 heterocycles. The minimum atomic E-state index is -4.57. The van der Waals surface area contributed by atoms with Gasteiger partial charge in [0.2, 0.25) is 0 Å². The molecule has 0 saturated carbocycles. The molecule has 28 heavy (non-hydrogen) atoms. The van der Waals surface area contributed by atoms with Gasteiger partial charge in [-0.1, -0.05) is 12.1 Å². The lowest BCUT2D eigenvalue weighted by Crippen LogP contribution is -2.37. The van der Waals surface area contributed by atoms with E-state index in [0.717, 1.165) is 28.6 Å². The van der Waals surface area contributed by atoms with Crippen LogP contribution in [0, 0.1) is 0 Å². The fourth-order valence-corrected chi connectivity index (χ4v) is 3.49. The van der Waals surface area contributed by atoms with Crippen molar-refractivity contribution < 1.29 is 18.0 Å². The lowest BCUT2D eigenvalue weighted by Gasteiger charge is -2.31. The van der Waals surface area contributed by atoms with Gasteiger partial charge >= 0.3 is 6.18 Å². The number of amides is 1. The number of rotatable bonds is 2. The molecule has 0 radical (unpaired) electrons. The van der Waals surface area contributed by atoms with Gasteiger partial charge in [-0.05, 0) is 50.5 Å². The summed E-state index contributed by atoms with van der Waals surface area (Å²) in [6.45, 7) is 6.49. The van der Waals surface area contributed by atoms with Gasteiger partial charge in [-0.15, -0.1) is 0 Å². The maximum absolute atomic E-state index is 13.3. The van der Waals surface area contributed by atoms with Crippen molar-refractivity contribution in [2.75, 3.05) is 20.1 Å². The number of allylic oxidation sites excluding steroid dienone is 2. The Hall–Kier alpha value is -2.61. The molecule has 2 aliphatic heterocycles. The lowest BCUT2D eigenvalue weighted by atomic mass is 10.1. The molecule has 0 bridgehead atoms. The van der Waals surface area contributed by atoms with Gasteiger partial charge in [-0.3, -0.25) is 9.80 Å². The fraction of sp³-hybridized carbons (Fsp3) is 0.400. The molecule has 0 unspecified atom stereocenters. The lowest BCUT2D eigenvalue weighted by molar-refractivity contribution is -0.138. The second-order valence-electron chi connectivity index (χ2n) is 6.91. The molecule has 5 nitrogen and oxygen atoms in total. The highest BCUT2D eigenvalue weighted by atomic mass is 19.4. The Morgan fingerprint density at radius 2 is 1.86 bits per heavy atom. The van der Waals surface area contributed by atoms with Gasteiger partial charge in [0.25, 0.3) is 5.91 Å². The number of nitrogens with one attached hydrogen (secondary N) is 1. The van der Waals surface area contributed by atoms with Crippen LogP contribution < -0.4 is 5.43 Å². The van der Waals surface area contributed by atoms with E-state index in [1.165, 1.54) is 23.1 Å². The average Bonchev–Trinajstić information content (AvgIpc) is 3.14. The van der Waals surface area contributed by atoms with Crippen LogP contribution in [0.25, 0.3) is 0 Å². The van der Waals surface area contributed by atoms with Gasteiger partial charge in [-0.2, -0.15) is 13.2 Å². The zero-order valence-electron chi connectivity index (χ0n) is 16.3. The van der Waals surface area contributed by atoms with E-state index in [1.807, 2.05) is 25.8 Å². The van der Waals surface area contributed by atoms with Crippen LogP contribution in [0.3, 0.4) is 0 Å². The van der Waals surface area contributed by atoms with Gasteiger partial charge in [0.1, 0.15) is 5.82 Å². The Morgan fingerprint density at radius 1 is 1.18 bits per heavy atom. The van der Waals surface area contributed by atoms with Gasteiger partial charge in [0.05, 0.1) is 11.1 Å². The zero-order valence-corrected chi connectivity index (χ0v) is 16.3. The second-order valence-corrected chi connectivity index (χ2v) is 6.91. The summed E-state index contributed by atoms with van der Waals surface area (Å²) >= 11 is 0. The molecule has 1 aromatic carbocycles. The van der Waals surface area contributed by atoms with Crippen molar-refractivity contribution in [1.82, 2.24) is 15.3 Å². The van der Waals surface area contributed by atoms with Crippen molar-refractivity contribution in [3.8, 4) is 0 Å². The molecule has 0 spiro atoms. The summed E-state index contributed by atoms with van der Waals surface area (Å²) in [5.74, 6) is 0.0991. The number of hydrogen-bond donors (Lipinski definition) is 1. The third-order valence-corrected chi connectivity index (χ3v) is 5.26. The monoisotopic (exact) mass is 392 g/mol. The predicted molar refractivity (Wildman–Crippen MR) is 101 cm³/mol. The van der Waals surface area contributed by atoms with Crippen LogP contribution in [0.4, 0.5) is 13.2 Å². The number of alkyl halides is 3. The van der Waals surface area contributed by atoms with Crippen molar-refractivity contribution in [1.29, 1.82) is 0 Å². The van der Waals surface area contributed by atoms with Gasteiger partial charge < -0.3 is 4.90 Å². The molecule has 1 fully saturated rings. The van der Waals surface area contributed by atoms with Crippen LogP contribution in [-0.4, -0.2) is 41.7 Å². The van der Waals surface area contributed by atoms with Crippen molar-refractivity contribution >= 4 is 11.6 Å². The molecule has 0 atom stereocenters. The van der Waals surface area contributed by atoms with E-state index in [9.17, 15) is 18.0 Å². The number of likely N-dealkylation sites (tertiary alicyclic amines) is 1. The molecule has 1 N–H and O–H groups in total. The first-order valence-corrected chi connectivity index (χ1v) is 9.03. The third-order valence-electron chi connectivity index (χ3n) is 5.26. The Kier molecular flexibility index (Phi) is 5.34. The topological polar surface area (TPSA) is 47.9 Å². The molecule has 8 heteroatoms. The number of carbonyl (C=O) groups excluding carboxylic acids is 1. The van der Waals surface area contributed by atoms with E-state index in [1.54, 1.807) is 7.05 Å². The smallest absolute Gasteiger partial charge is 0.334 e. The number of benzene rings is 1. The molecule has 0 aromatic heterocycles. The average molecular weight is 392 g/mol. The first-order valence-electron chi connectivity index (χ1n) is 9.03. The molecule has 1 aromatic rings. The summed E-state index contributed by atoms with van der Waals surface area (Å²) < 4.78 is 39.8. The second kappa shape index (κ2) is 7.43. The van der Waals surface area contributed by atoms with Crippen molar-refractivity contribution in [2.24, 2.45) is 4.99 Å². The summed E-state index contributed by atoms with van der Waals surface area (Å²) in [6, 6.07) is 4.91. The first kappa shape index (κ1) is 20.1. The van der Waals surface area contributed by atoms with Crippen LogP contribution >= 0.6 is 0 Å². The van der Waals surface area contributed by atoms with Crippen molar-refractivity contribution in [2.45, 2.75) is 33.4 Å². The minimum Gasteiger partial charge on any atom is -0.334 e. The van der Waals surface area contributed by atoms with Crippen LogP contribution in [-0.2, 0) is 6.18 Å². The molecule has 2 aliphatic rings. The largest absolute Gasteiger partial charge is 0.417 e. The highest BCUT2D eigenvalue weighted by Crippen LogP contribution is 2.34. The molecule has 1 saturated heterocycles. The molecular weight excluding hydrogens is 369 g/mol. The van der Waals surface area contributed by atoms with Crippen molar-refractivity contribution in [3.05, 3.63) is 58.1 Å². The molecule has 3 rings (SSSR count). The van der Waals surface area contributed by atoms with Crippen LogP contribution in [0.1, 0.15) is 43.1 Å². The highest BCUT2D eigenvalue weighted by Gasteiger charge is 2.37. The van der Waals surface area contributed by atoms with Gasteiger partial charge in [0, 0.05) is 31.5 Å². The third kappa shape index (κ3) is 3.56. The number of carbonyl (C=O) groups is 1. The summed E-state index contributed by atoms with van der Waals surface area (Å²) in [5.41, 5.74) is 5.74. The number of halogens is 3. The molecule has 150 valence electrons. The van der Waals surface area contributed by atoms with Crippen LogP contribution in [0.5, 0.6) is 0 Å². The predicted octanol–water partition coefficient (Wildman–Crippen LogP) is 3.97. The normalized spacial score (nSPS) is 20.8. The first-order chi connectivity index (χ1) is 13.1. The number of hydrogen-bond acceptors (Lipinski definition) is 4. The summed E-state index contributed by atoms with van der Waals surface area (Å²) in [6.07, 6.45) is -4.00. The fourth-order valence-electron chi connectivity index (χ4n) is 3.49. The van der Waals surface area contributed by atoms with Crippen molar-refractivity contribution in [3.63, 3.8) is 0 Å². The minimum absolute atomic E-state index is 0.252. The summed E-state index contributed by atoms with van der Waals surface area (Å²) in [7, 11) is 1.78. The van der Waals surface area contributed by atoms with Crippen LogP contribution in [0.15, 0.2) is 51.9 Å². The van der Waals surface area contributed by atoms with E-state index >= 15 is 0 Å². The van der Waals surface area contributed by atoms with Gasteiger partial charge in [-0.25, -0.2) is 10.4 Å². The van der Waals surface area contributed by atoms with E-state index in [0.29, 0.717) is 18.8 Å². The highest BCUT2D eigenvalue weighted by molar-refractivity contribution is 6.00. The Bertz CT molecular complexity index is 899. The maximum atomic E-state index is 13.3. The zero-order chi connectivity index (χ0) is 20.6.